The fraction of sp³-hybridized carbons (Fsp3) is 0.333. The van der Waals surface area contributed by atoms with Crippen molar-refractivity contribution in [1.82, 2.24) is 9.84 Å². The Labute approximate surface area is 243 Å². The van der Waals surface area contributed by atoms with Crippen LogP contribution >= 0.6 is 0 Å². The van der Waals surface area contributed by atoms with Crippen molar-refractivity contribution in [2.24, 2.45) is 10.2 Å². The molecule has 0 aliphatic carbocycles. The van der Waals surface area contributed by atoms with Crippen LogP contribution in [0.15, 0.2) is 62.5 Å². The van der Waals surface area contributed by atoms with E-state index >= 15 is 0 Å². The number of fused-ring (bicyclic) bond motifs is 1. The first kappa shape index (κ1) is 31.5. The summed E-state index contributed by atoms with van der Waals surface area (Å²) in [5, 5.41) is 20.6. The van der Waals surface area contributed by atoms with E-state index < -0.39 is 45.7 Å². The van der Waals surface area contributed by atoms with Gasteiger partial charge in [-0.2, -0.15) is 13.5 Å². The second-order valence-electron chi connectivity index (χ2n) is 9.28. The maximum Gasteiger partial charge on any atom is 0.298 e. The Bertz CT molecular complexity index is 1840. The number of methoxy groups -OCH3 is 1. The zero-order valence-corrected chi connectivity index (χ0v) is 25.0. The van der Waals surface area contributed by atoms with Gasteiger partial charge in [0, 0.05) is 31.0 Å². The molecule has 4 N–H and O–H groups in total. The summed E-state index contributed by atoms with van der Waals surface area (Å²) in [6.45, 7) is 1.11. The van der Waals surface area contributed by atoms with Gasteiger partial charge < -0.3 is 14.6 Å². The van der Waals surface area contributed by atoms with Gasteiger partial charge in [0.1, 0.15) is 27.9 Å². The molecule has 0 amide bonds. The number of azo groups is 1. The maximum absolute atomic E-state index is 13.3. The molecule has 0 radical (unpaired) electrons. The van der Waals surface area contributed by atoms with Gasteiger partial charge in [-0.05, 0) is 43.2 Å². The minimum atomic E-state index is -4.75. The summed E-state index contributed by atoms with van der Waals surface area (Å²) in [6, 6.07) is 8.79. The average molecular weight is 644 g/mol. The number of aromatic hydroxyl groups is 1. The molecule has 228 valence electrons. The van der Waals surface area contributed by atoms with Crippen molar-refractivity contribution in [1.29, 1.82) is 0 Å². The monoisotopic (exact) mass is 643 g/mol. The third-order valence-electron chi connectivity index (χ3n) is 6.04. The van der Waals surface area contributed by atoms with Crippen LogP contribution in [-0.4, -0.2) is 79.6 Å². The first-order chi connectivity index (χ1) is 19.7. The van der Waals surface area contributed by atoms with Crippen molar-refractivity contribution in [2.75, 3.05) is 44.4 Å². The van der Waals surface area contributed by atoms with E-state index in [9.17, 15) is 34.9 Å². The highest BCUT2D eigenvalue weighted by molar-refractivity contribution is 7.92. The second kappa shape index (κ2) is 12.5. The Morgan fingerprint density at radius 1 is 0.952 bits per heavy atom. The van der Waals surface area contributed by atoms with Crippen molar-refractivity contribution in [3.05, 3.63) is 42.5 Å². The lowest BCUT2D eigenvalue weighted by Crippen LogP contribution is -2.39. The van der Waals surface area contributed by atoms with Gasteiger partial charge in [-0.3, -0.25) is 9.27 Å². The summed E-state index contributed by atoms with van der Waals surface area (Å²) in [4.78, 5) is 1.30. The highest BCUT2D eigenvalue weighted by Crippen LogP contribution is 2.43. The third-order valence-corrected chi connectivity index (χ3v) is 8.89. The van der Waals surface area contributed by atoms with E-state index in [1.807, 2.05) is 0 Å². The highest BCUT2D eigenvalue weighted by Gasteiger charge is 2.27. The van der Waals surface area contributed by atoms with Gasteiger partial charge in [-0.25, -0.2) is 21.8 Å². The van der Waals surface area contributed by atoms with E-state index in [0.717, 1.165) is 31.2 Å². The lowest BCUT2D eigenvalue weighted by molar-refractivity contribution is 0.144. The van der Waals surface area contributed by atoms with Crippen molar-refractivity contribution >= 4 is 58.0 Å². The standard InChI is InChI=1S/C24H29N5O10S3/c1-38-12-13-39-20-9-8-16(14-21(20)42(35,36)37)25-26-19-15-22(41(33,34)28-29-10-3-4-11-29)24(30)17-6-5-7-18(23(17)19)27-40(2,31)32/h5-9,14-15,27-28,30H,3-4,10-13H2,1-2H3,(H,35,36,37). The van der Waals surface area contributed by atoms with Gasteiger partial charge in [0.25, 0.3) is 20.1 Å². The Kier molecular flexibility index (Phi) is 9.36. The van der Waals surface area contributed by atoms with Gasteiger partial charge in [-0.1, -0.05) is 12.1 Å². The molecule has 18 heteroatoms. The molecular weight excluding hydrogens is 614 g/mol. The molecule has 0 atom stereocenters. The van der Waals surface area contributed by atoms with E-state index in [1.165, 1.54) is 42.5 Å². The fourth-order valence-corrected chi connectivity index (χ4v) is 6.72. The maximum atomic E-state index is 13.3. The van der Waals surface area contributed by atoms with Gasteiger partial charge in [0.2, 0.25) is 10.0 Å². The van der Waals surface area contributed by atoms with Crippen LogP contribution in [-0.2, 0) is 34.9 Å². The molecule has 3 aromatic carbocycles. The molecule has 15 nitrogen and oxygen atoms in total. The zero-order valence-electron chi connectivity index (χ0n) is 22.5. The molecule has 1 fully saturated rings. The van der Waals surface area contributed by atoms with Crippen LogP contribution in [0.5, 0.6) is 11.5 Å². The molecule has 1 saturated heterocycles. The van der Waals surface area contributed by atoms with E-state index in [0.29, 0.717) is 13.1 Å². The molecule has 3 aromatic rings. The van der Waals surface area contributed by atoms with E-state index in [4.69, 9.17) is 9.47 Å². The predicted molar refractivity (Wildman–Crippen MR) is 153 cm³/mol. The first-order valence-corrected chi connectivity index (χ1v) is 17.2. The summed E-state index contributed by atoms with van der Waals surface area (Å²) in [6.07, 6.45) is 2.49. The Hall–Kier alpha value is -3.39. The Balaban J connectivity index is 1.87. The average Bonchev–Trinajstić information content (AvgIpc) is 3.40. The molecule has 0 unspecified atom stereocenters. The number of rotatable bonds is 12. The highest BCUT2D eigenvalue weighted by atomic mass is 32.2. The number of hydrazine groups is 1. The number of ether oxygens (including phenoxy) is 2. The zero-order chi connectivity index (χ0) is 30.7. The number of hydrogen-bond acceptors (Lipinski definition) is 12. The SMILES string of the molecule is COCCOc1ccc(N=Nc2cc(S(=O)(=O)NN3CCCC3)c(O)c3cccc(NS(C)(=O)=O)c23)cc1S(=O)(=O)O. The van der Waals surface area contributed by atoms with Gasteiger partial charge in [0.05, 0.1) is 29.9 Å². The van der Waals surface area contributed by atoms with Crippen molar-refractivity contribution in [2.45, 2.75) is 22.6 Å². The molecule has 4 rings (SSSR count). The summed E-state index contributed by atoms with van der Waals surface area (Å²) < 4.78 is 96.9. The molecule has 0 spiro atoms. The Morgan fingerprint density at radius 3 is 2.31 bits per heavy atom. The topological polar surface area (TPSA) is 213 Å². The smallest absolute Gasteiger partial charge is 0.298 e. The number of phenols is 1. The quantitative estimate of drug-likeness (QED) is 0.128. The number of nitrogens with one attached hydrogen (secondary N) is 2. The van der Waals surface area contributed by atoms with Crippen LogP contribution in [0, 0.1) is 0 Å². The summed E-state index contributed by atoms with van der Waals surface area (Å²) in [5.74, 6) is -0.802. The second-order valence-corrected chi connectivity index (χ2v) is 14.0. The Morgan fingerprint density at radius 2 is 1.67 bits per heavy atom. The summed E-state index contributed by atoms with van der Waals surface area (Å²) in [7, 11) is -11.5. The lowest BCUT2D eigenvalue weighted by Gasteiger charge is -2.19. The number of hydrogen-bond donors (Lipinski definition) is 4. The van der Waals surface area contributed by atoms with E-state index in [-0.39, 0.29) is 46.8 Å². The van der Waals surface area contributed by atoms with Gasteiger partial charge >= 0.3 is 0 Å². The number of nitrogens with zero attached hydrogens (tertiary/aromatic N) is 3. The van der Waals surface area contributed by atoms with Crippen LogP contribution < -0.4 is 14.3 Å². The van der Waals surface area contributed by atoms with Crippen LogP contribution in [0.2, 0.25) is 0 Å². The molecule has 0 saturated carbocycles. The first-order valence-electron chi connectivity index (χ1n) is 12.4. The largest absolute Gasteiger partial charge is 0.506 e. The predicted octanol–water partition coefficient (Wildman–Crippen LogP) is 2.89. The van der Waals surface area contributed by atoms with Gasteiger partial charge in [0.15, 0.2) is 0 Å². The van der Waals surface area contributed by atoms with Crippen LogP contribution in [0.4, 0.5) is 17.1 Å². The molecule has 1 heterocycles. The normalized spacial score (nSPS) is 15.0. The molecule has 0 aromatic heterocycles. The van der Waals surface area contributed by atoms with Crippen LogP contribution in [0.3, 0.4) is 0 Å². The van der Waals surface area contributed by atoms with E-state index in [2.05, 4.69) is 19.8 Å². The van der Waals surface area contributed by atoms with Gasteiger partial charge in [-0.15, -0.1) is 9.95 Å². The number of anilines is 1. The van der Waals surface area contributed by atoms with Crippen LogP contribution in [0.25, 0.3) is 10.8 Å². The molecular formula is C24H29N5O10S3. The number of phenolic OH excluding ortho intramolecular Hbond substituents is 1. The number of sulfonamides is 2. The minimum Gasteiger partial charge on any atom is -0.506 e. The van der Waals surface area contributed by atoms with Crippen molar-refractivity contribution in [3.8, 4) is 11.5 Å². The molecule has 42 heavy (non-hydrogen) atoms. The number of benzene rings is 3. The van der Waals surface area contributed by atoms with E-state index in [1.54, 1.807) is 0 Å². The lowest BCUT2D eigenvalue weighted by atomic mass is 10.1. The van der Waals surface area contributed by atoms with Crippen LogP contribution in [0.1, 0.15) is 12.8 Å². The molecule has 0 bridgehead atoms. The summed E-state index contributed by atoms with van der Waals surface area (Å²) >= 11 is 0. The van der Waals surface area contributed by atoms with Crippen molar-refractivity contribution < 1.29 is 44.4 Å². The van der Waals surface area contributed by atoms with Crippen molar-refractivity contribution in [3.63, 3.8) is 0 Å². The molecule has 1 aliphatic heterocycles. The minimum absolute atomic E-state index is 0.00178. The molecule has 1 aliphatic rings. The summed E-state index contributed by atoms with van der Waals surface area (Å²) in [5.41, 5.74) is -0.252. The third kappa shape index (κ3) is 7.51. The fourth-order valence-electron chi connectivity index (χ4n) is 4.25.